The van der Waals surface area contributed by atoms with E-state index >= 15 is 0 Å². The molecule has 112 valence electrons. The van der Waals surface area contributed by atoms with Crippen LogP contribution in [0.3, 0.4) is 0 Å². The molecular weight excluding hydrogens is 412 g/mol. The average Bonchev–Trinajstić information content (AvgIpc) is 2.92. The highest BCUT2D eigenvalue weighted by atomic mass is 79.9. The van der Waals surface area contributed by atoms with Gasteiger partial charge < -0.3 is 4.74 Å². The Morgan fingerprint density at radius 1 is 1.24 bits per heavy atom. The minimum Gasteiger partial charge on any atom is -0.494 e. The normalized spacial score (nSPS) is 15.6. The molecule has 1 heterocycles. The summed E-state index contributed by atoms with van der Waals surface area (Å²) in [5.41, 5.74) is 2.75. The van der Waals surface area contributed by atoms with Gasteiger partial charge in [0.2, 0.25) is 0 Å². The van der Waals surface area contributed by atoms with E-state index in [2.05, 4.69) is 44.0 Å². The quantitative estimate of drug-likeness (QED) is 0.520. The molecule has 1 atom stereocenters. The summed E-state index contributed by atoms with van der Waals surface area (Å²) in [6, 6.07) is 8.62. The number of halogens is 2. The van der Waals surface area contributed by atoms with Crippen LogP contribution in [0.15, 0.2) is 28.7 Å². The maximum atomic E-state index is 5.79. The standard InChI is InChI=1S/C17H18Br2OS/c1-2-20-14-8-7-12(18)10-13(14)17(19)16-9-11-5-3-4-6-15(11)21-16/h7-10,17H,2-6H2,1H3. The molecule has 1 unspecified atom stereocenters. The molecule has 2 aromatic rings. The molecule has 0 aliphatic heterocycles. The van der Waals surface area contributed by atoms with Crippen LogP contribution >= 0.6 is 43.2 Å². The number of hydrogen-bond donors (Lipinski definition) is 0. The number of alkyl halides is 1. The number of thiophene rings is 1. The van der Waals surface area contributed by atoms with E-state index in [9.17, 15) is 0 Å². The van der Waals surface area contributed by atoms with Crippen molar-refractivity contribution in [3.05, 3.63) is 49.6 Å². The first-order valence-electron chi connectivity index (χ1n) is 7.37. The predicted molar refractivity (Wildman–Crippen MR) is 97.0 cm³/mol. The van der Waals surface area contributed by atoms with Crippen molar-refractivity contribution in [2.75, 3.05) is 6.61 Å². The van der Waals surface area contributed by atoms with Crippen LogP contribution in [-0.4, -0.2) is 6.61 Å². The van der Waals surface area contributed by atoms with E-state index < -0.39 is 0 Å². The number of fused-ring (bicyclic) bond motifs is 1. The Balaban J connectivity index is 1.95. The van der Waals surface area contributed by atoms with Crippen molar-refractivity contribution in [3.63, 3.8) is 0 Å². The van der Waals surface area contributed by atoms with Gasteiger partial charge in [-0.1, -0.05) is 31.9 Å². The molecule has 0 saturated carbocycles. The third kappa shape index (κ3) is 3.38. The second kappa shape index (κ2) is 6.84. The van der Waals surface area contributed by atoms with E-state index in [0.717, 1.165) is 10.2 Å². The van der Waals surface area contributed by atoms with Crippen molar-refractivity contribution < 1.29 is 4.74 Å². The fourth-order valence-electron chi connectivity index (χ4n) is 2.80. The topological polar surface area (TPSA) is 9.23 Å². The van der Waals surface area contributed by atoms with Gasteiger partial charge in [-0.3, -0.25) is 0 Å². The first kappa shape index (κ1) is 15.6. The van der Waals surface area contributed by atoms with Crippen molar-refractivity contribution in [1.29, 1.82) is 0 Å². The van der Waals surface area contributed by atoms with E-state index in [-0.39, 0.29) is 4.83 Å². The molecule has 3 rings (SSSR count). The predicted octanol–water partition coefficient (Wildman–Crippen LogP) is 6.27. The lowest BCUT2D eigenvalue weighted by molar-refractivity contribution is 0.337. The lowest BCUT2D eigenvalue weighted by Gasteiger charge is -2.14. The van der Waals surface area contributed by atoms with Crippen LogP contribution in [0.1, 0.15) is 45.5 Å². The van der Waals surface area contributed by atoms with Crippen LogP contribution in [0.5, 0.6) is 5.75 Å². The van der Waals surface area contributed by atoms with Crippen LogP contribution in [0.2, 0.25) is 0 Å². The fourth-order valence-corrected chi connectivity index (χ4v) is 5.20. The zero-order valence-corrected chi connectivity index (χ0v) is 16.0. The van der Waals surface area contributed by atoms with Crippen molar-refractivity contribution in [2.45, 2.75) is 37.4 Å². The first-order chi connectivity index (χ1) is 10.2. The fraction of sp³-hybridized carbons (Fsp3) is 0.412. The minimum atomic E-state index is 0.201. The Morgan fingerprint density at radius 3 is 2.81 bits per heavy atom. The Bertz CT molecular complexity index is 612. The van der Waals surface area contributed by atoms with Gasteiger partial charge in [0.05, 0.1) is 11.4 Å². The van der Waals surface area contributed by atoms with Crippen LogP contribution in [-0.2, 0) is 12.8 Å². The molecule has 1 aromatic carbocycles. The van der Waals surface area contributed by atoms with Crippen molar-refractivity contribution in [2.24, 2.45) is 0 Å². The monoisotopic (exact) mass is 428 g/mol. The van der Waals surface area contributed by atoms with Gasteiger partial charge in [-0.05, 0) is 62.4 Å². The number of hydrogen-bond acceptors (Lipinski definition) is 2. The second-order valence-corrected chi connectivity index (χ2v) is 8.28. The molecule has 0 N–H and O–H groups in total. The third-order valence-corrected chi connectivity index (χ3v) is 6.89. The molecule has 4 heteroatoms. The van der Waals surface area contributed by atoms with Crippen molar-refractivity contribution in [3.8, 4) is 5.75 Å². The van der Waals surface area contributed by atoms with E-state index in [4.69, 9.17) is 4.74 Å². The van der Waals surface area contributed by atoms with Gasteiger partial charge in [0.1, 0.15) is 5.75 Å². The van der Waals surface area contributed by atoms with E-state index in [1.54, 1.807) is 10.4 Å². The molecular formula is C17H18Br2OS. The molecule has 0 bridgehead atoms. The molecule has 0 amide bonds. The van der Waals surface area contributed by atoms with Gasteiger partial charge >= 0.3 is 0 Å². The highest BCUT2D eigenvalue weighted by Crippen LogP contribution is 2.43. The van der Waals surface area contributed by atoms with E-state index in [1.165, 1.54) is 36.1 Å². The lowest BCUT2D eigenvalue weighted by atomic mass is 9.98. The SMILES string of the molecule is CCOc1ccc(Br)cc1C(Br)c1cc2c(s1)CCCC2. The maximum absolute atomic E-state index is 5.79. The zero-order valence-electron chi connectivity index (χ0n) is 12.0. The van der Waals surface area contributed by atoms with Crippen LogP contribution in [0, 0.1) is 0 Å². The van der Waals surface area contributed by atoms with Gasteiger partial charge in [0, 0.05) is 19.8 Å². The number of aryl methyl sites for hydroxylation is 2. The lowest BCUT2D eigenvalue weighted by Crippen LogP contribution is -1.99. The Labute approximate surface area is 147 Å². The van der Waals surface area contributed by atoms with Crippen molar-refractivity contribution >= 4 is 43.2 Å². The molecule has 21 heavy (non-hydrogen) atoms. The summed E-state index contributed by atoms with van der Waals surface area (Å²) in [4.78, 5) is 3.17. The number of benzene rings is 1. The van der Waals surface area contributed by atoms with Crippen LogP contribution in [0.4, 0.5) is 0 Å². The minimum absolute atomic E-state index is 0.201. The summed E-state index contributed by atoms with van der Waals surface area (Å²) >= 11 is 9.41. The largest absolute Gasteiger partial charge is 0.494 e. The molecule has 1 nitrogen and oxygen atoms in total. The Hall–Kier alpha value is -0.320. The third-order valence-electron chi connectivity index (χ3n) is 3.81. The smallest absolute Gasteiger partial charge is 0.124 e. The molecule has 0 saturated heterocycles. The van der Waals surface area contributed by atoms with Crippen LogP contribution < -0.4 is 4.74 Å². The first-order valence-corrected chi connectivity index (χ1v) is 9.89. The van der Waals surface area contributed by atoms with Gasteiger partial charge in [-0.15, -0.1) is 11.3 Å². The van der Waals surface area contributed by atoms with Gasteiger partial charge in [-0.25, -0.2) is 0 Å². The van der Waals surface area contributed by atoms with Crippen LogP contribution in [0.25, 0.3) is 0 Å². The average molecular weight is 430 g/mol. The summed E-state index contributed by atoms with van der Waals surface area (Å²) in [6.07, 6.45) is 5.15. The summed E-state index contributed by atoms with van der Waals surface area (Å²) < 4.78 is 6.88. The highest BCUT2D eigenvalue weighted by molar-refractivity contribution is 9.10. The molecule has 1 aliphatic rings. The number of ether oxygens (including phenoxy) is 1. The molecule has 0 spiro atoms. The Kier molecular flexibility index (Phi) is 5.07. The second-order valence-electron chi connectivity index (χ2n) is 5.28. The van der Waals surface area contributed by atoms with Gasteiger partial charge in [0.25, 0.3) is 0 Å². The molecule has 1 aromatic heterocycles. The zero-order chi connectivity index (χ0) is 14.8. The van der Waals surface area contributed by atoms with Gasteiger partial charge in [-0.2, -0.15) is 0 Å². The highest BCUT2D eigenvalue weighted by Gasteiger charge is 2.21. The van der Waals surface area contributed by atoms with E-state index in [0.29, 0.717) is 6.61 Å². The van der Waals surface area contributed by atoms with Gasteiger partial charge in [0.15, 0.2) is 0 Å². The molecule has 0 fully saturated rings. The Morgan fingerprint density at radius 2 is 2.05 bits per heavy atom. The summed E-state index contributed by atoms with van der Waals surface area (Å²) in [6.45, 7) is 2.72. The maximum Gasteiger partial charge on any atom is 0.124 e. The summed E-state index contributed by atoms with van der Waals surface area (Å²) in [5, 5.41) is 0. The summed E-state index contributed by atoms with van der Waals surface area (Å²) in [7, 11) is 0. The molecule has 1 aliphatic carbocycles. The van der Waals surface area contributed by atoms with E-state index in [1.807, 2.05) is 30.4 Å². The summed E-state index contributed by atoms with van der Waals surface area (Å²) in [5.74, 6) is 0.967. The van der Waals surface area contributed by atoms with Crippen molar-refractivity contribution in [1.82, 2.24) is 0 Å². The molecule has 0 radical (unpaired) electrons. The number of rotatable bonds is 4.